The first-order valence-corrected chi connectivity index (χ1v) is 9.44. The summed E-state index contributed by atoms with van der Waals surface area (Å²) in [5.41, 5.74) is 0. The third-order valence-electron chi connectivity index (χ3n) is 4.26. The van der Waals surface area contributed by atoms with Crippen LogP contribution in [0.2, 0.25) is 0 Å². The second kappa shape index (κ2) is 10.0. The number of rotatable bonds is 11. The van der Waals surface area contributed by atoms with Gasteiger partial charge in [-0.2, -0.15) is 15.0 Å². The molecule has 0 unspecified atom stereocenters. The summed E-state index contributed by atoms with van der Waals surface area (Å²) in [5.74, 6) is 2.16. The summed E-state index contributed by atoms with van der Waals surface area (Å²) in [4.78, 5) is 29.2. The van der Waals surface area contributed by atoms with Crippen LogP contribution in [0.3, 0.4) is 0 Å². The summed E-state index contributed by atoms with van der Waals surface area (Å²) >= 11 is 0. The minimum atomic E-state index is 0.273. The van der Waals surface area contributed by atoms with E-state index in [4.69, 9.17) is 0 Å². The molecule has 0 radical (unpaired) electrons. The lowest BCUT2D eigenvalue weighted by Gasteiger charge is -2.20. The van der Waals surface area contributed by atoms with Crippen LogP contribution in [0.1, 0.15) is 46.5 Å². The van der Waals surface area contributed by atoms with E-state index < -0.39 is 0 Å². The van der Waals surface area contributed by atoms with Crippen LogP contribution in [0, 0.1) is 0 Å². The molecule has 1 aromatic heterocycles. The summed E-state index contributed by atoms with van der Waals surface area (Å²) in [6.45, 7) is 11.2. The molecule has 0 bridgehead atoms. The van der Waals surface area contributed by atoms with Gasteiger partial charge in [0.25, 0.3) is 0 Å². The Morgan fingerprint density at radius 1 is 1.04 bits per heavy atom. The number of amides is 1. The minimum absolute atomic E-state index is 0.273. The van der Waals surface area contributed by atoms with Crippen LogP contribution in [0.4, 0.5) is 17.8 Å². The van der Waals surface area contributed by atoms with Crippen LogP contribution >= 0.6 is 0 Å². The van der Waals surface area contributed by atoms with E-state index in [0.29, 0.717) is 24.3 Å². The topological polar surface area (TPSA) is 86.3 Å². The first-order chi connectivity index (χ1) is 12.2. The van der Waals surface area contributed by atoms with Crippen LogP contribution in [0.15, 0.2) is 0 Å². The number of carbonyl (C=O) groups excluding carboxylic acids is 1. The zero-order valence-corrected chi connectivity index (χ0v) is 15.7. The normalized spacial score (nSPS) is 14.0. The Hall–Kier alpha value is -2.12. The molecule has 2 rings (SSSR count). The molecule has 2 heterocycles. The Kier molecular flexibility index (Phi) is 7.69. The molecule has 0 spiro atoms. The standard InChI is InChI=1S/C17H31N7O/c1-4-10-18-15-20-16(22-17(21-15)23(5-2)6-3)19-11-8-13-24-12-7-9-14(24)25/h4-13H2,1-3H3,(H2,18,19,20,21,22). The summed E-state index contributed by atoms with van der Waals surface area (Å²) in [7, 11) is 0. The number of likely N-dealkylation sites (tertiary alicyclic amines) is 1. The van der Waals surface area contributed by atoms with Crippen LogP contribution in [0.25, 0.3) is 0 Å². The van der Waals surface area contributed by atoms with E-state index in [1.807, 2.05) is 4.90 Å². The highest BCUT2D eigenvalue weighted by atomic mass is 16.2. The van der Waals surface area contributed by atoms with Crippen molar-refractivity contribution in [1.82, 2.24) is 19.9 Å². The van der Waals surface area contributed by atoms with Gasteiger partial charge in [0.15, 0.2) is 0 Å². The maximum Gasteiger partial charge on any atom is 0.231 e. The molecule has 0 aromatic carbocycles. The number of nitrogens with one attached hydrogen (secondary N) is 2. The molecule has 0 aliphatic carbocycles. The van der Waals surface area contributed by atoms with E-state index in [9.17, 15) is 4.79 Å². The van der Waals surface area contributed by atoms with Gasteiger partial charge in [-0.15, -0.1) is 0 Å². The largest absolute Gasteiger partial charge is 0.354 e. The first kappa shape index (κ1) is 19.2. The van der Waals surface area contributed by atoms with Gasteiger partial charge in [0.05, 0.1) is 0 Å². The molecule has 0 atom stereocenters. The Bertz CT molecular complexity index is 548. The lowest BCUT2D eigenvalue weighted by molar-refractivity contribution is -0.127. The molecule has 8 nitrogen and oxygen atoms in total. The zero-order chi connectivity index (χ0) is 18.1. The Morgan fingerprint density at radius 2 is 1.72 bits per heavy atom. The average Bonchev–Trinajstić information content (AvgIpc) is 3.03. The molecular weight excluding hydrogens is 318 g/mol. The van der Waals surface area contributed by atoms with E-state index in [1.54, 1.807) is 0 Å². The maximum absolute atomic E-state index is 11.6. The third-order valence-corrected chi connectivity index (χ3v) is 4.26. The molecule has 25 heavy (non-hydrogen) atoms. The molecule has 2 N–H and O–H groups in total. The summed E-state index contributed by atoms with van der Waals surface area (Å²) < 4.78 is 0. The van der Waals surface area contributed by atoms with Crippen molar-refractivity contribution in [2.75, 3.05) is 54.8 Å². The van der Waals surface area contributed by atoms with Crippen molar-refractivity contribution in [3.8, 4) is 0 Å². The number of anilines is 3. The van der Waals surface area contributed by atoms with Crippen molar-refractivity contribution >= 4 is 23.8 Å². The van der Waals surface area contributed by atoms with E-state index in [0.717, 1.165) is 58.5 Å². The second-order valence-electron chi connectivity index (χ2n) is 6.15. The van der Waals surface area contributed by atoms with E-state index in [2.05, 4.69) is 51.3 Å². The molecular formula is C17H31N7O. The number of hydrogen-bond donors (Lipinski definition) is 2. The van der Waals surface area contributed by atoms with Crippen LogP contribution in [-0.4, -0.2) is 65.0 Å². The monoisotopic (exact) mass is 349 g/mol. The highest BCUT2D eigenvalue weighted by molar-refractivity contribution is 5.78. The van der Waals surface area contributed by atoms with E-state index in [1.165, 1.54) is 0 Å². The quantitative estimate of drug-likeness (QED) is 0.591. The molecule has 1 aliphatic heterocycles. The molecule has 1 aliphatic rings. The maximum atomic E-state index is 11.6. The molecule has 1 saturated heterocycles. The summed E-state index contributed by atoms with van der Waals surface area (Å²) in [5, 5.41) is 6.51. The highest BCUT2D eigenvalue weighted by Gasteiger charge is 2.19. The highest BCUT2D eigenvalue weighted by Crippen LogP contribution is 2.14. The summed E-state index contributed by atoms with van der Waals surface area (Å²) in [6, 6.07) is 0. The molecule has 1 aromatic rings. The Labute approximate surface area is 150 Å². The van der Waals surface area contributed by atoms with Gasteiger partial charge in [-0.05, 0) is 33.1 Å². The second-order valence-corrected chi connectivity index (χ2v) is 6.15. The van der Waals surface area contributed by atoms with Gasteiger partial charge in [0, 0.05) is 45.7 Å². The van der Waals surface area contributed by atoms with Gasteiger partial charge in [0.1, 0.15) is 0 Å². The molecule has 1 fully saturated rings. The van der Waals surface area contributed by atoms with Gasteiger partial charge in [-0.1, -0.05) is 6.92 Å². The zero-order valence-electron chi connectivity index (χ0n) is 15.7. The molecule has 1 amide bonds. The Balaban J connectivity index is 1.94. The number of nitrogens with zero attached hydrogens (tertiary/aromatic N) is 5. The van der Waals surface area contributed by atoms with Crippen LogP contribution in [0.5, 0.6) is 0 Å². The smallest absolute Gasteiger partial charge is 0.231 e. The lowest BCUT2D eigenvalue weighted by Crippen LogP contribution is -2.27. The lowest BCUT2D eigenvalue weighted by atomic mass is 10.4. The van der Waals surface area contributed by atoms with Crippen molar-refractivity contribution in [1.29, 1.82) is 0 Å². The van der Waals surface area contributed by atoms with Crippen molar-refractivity contribution < 1.29 is 4.79 Å². The van der Waals surface area contributed by atoms with Crippen molar-refractivity contribution in [3.05, 3.63) is 0 Å². The van der Waals surface area contributed by atoms with Crippen molar-refractivity contribution in [2.45, 2.75) is 46.5 Å². The third kappa shape index (κ3) is 5.72. The SMILES string of the molecule is CCCNc1nc(NCCCN2CCCC2=O)nc(N(CC)CC)n1. The fraction of sp³-hybridized carbons (Fsp3) is 0.765. The van der Waals surface area contributed by atoms with Crippen molar-refractivity contribution in [2.24, 2.45) is 0 Å². The Morgan fingerprint density at radius 3 is 2.28 bits per heavy atom. The predicted octanol–water partition coefficient (Wildman–Crippen LogP) is 1.96. The first-order valence-electron chi connectivity index (χ1n) is 9.44. The van der Waals surface area contributed by atoms with E-state index in [-0.39, 0.29) is 5.91 Å². The number of aromatic nitrogens is 3. The summed E-state index contributed by atoms with van der Waals surface area (Å²) in [6.07, 6.45) is 3.58. The predicted molar refractivity (Wildman–Crippen MR) is 101 cm³/mol. The van der Waals surface area contributed by atoms with Gasteiger partial charge in [-0.25, -0.2) is 0 Å². The van der Waals surface area contributed by atoms with Gasteiger partial charge >= 0.3 is 0 Å². The average molecular weight is 349 g/mol. The number of hydrogen-bond acceptors (Lipinski definition) is 7. The molecule has 0 saturated carbocycles. The fourth-order valence-corrected chi connectivity index (χ4v) is 2.82. The van der Waals surface area contributed by atoms with E-state index >= 15 is 0 Å². The number of carbonyl (C=O) groups is 1. The van der Waals surface area contributed by atoms with Gasteiger partial charge in [0.2, 0.25) is 23.8 Å². The van der Waals surface area contributed by atoms with Gasteiger partial charge < -0.3 is 20.4 Å². The molecule has 8 heteroatoms. The minimum Gasteiger partial charge on any atom is -0.354 e. The van der Waals surface area contributed by atoms with Crippen molar-refractivity contribution in [3.63, 3.8) is 0 Å². The fourth-order valence-electron chi connectivity index (χ4n) is 2.82. The van der Waals surface area contributed by atoms with Crippen LogP contribution < -0.4 is 15.5 Å². The van der Waals surface area contributed by atoms with Crippen LogP contribution in [-0.2, 0) is 4.79 Å². The van der Waals surface area contributed by atoms with Gasteiger partial charge in [-0.3, -0.25) is 4.79 Å². The molecule has 140 valence electrons.